The van der Waals surface area contributed by atoms with E-state index in [1.54, 1.807) is 7.11 Å². The van der Waals surface area contributed by atoms with E-state index in [-0.39, 0.29) is 24.9 Å². The normalized spacial score (nSPS) is 29.2. The van der Waals surface area contributed by atoms with Crippen LogP contribution >= 0.6 is 12.4 Å². The number of likely N-dealkylation sites (tertiary alicyclic amines) is 1. The number of hydrogen-bond acceptors (Lipinski definition) is 3. The molecule has 2 saturated heterocycles. The highest BCUT2D eigenvalue weighted by molar-refractivity contribution is 5.85. The molecule has 0 radical (unpaired) electrons. The number of ether oxygens (including phenoxy) is 1. The zero-order valence-electron chi connectivity index (χ0n) is 9.83. The van der Waals surface area contributed by atoms with Crippen molar-refractivity contribution in [3.8, 4) is 0 Å². The minimum Gasteiger partial charge on any atom is -0.375 e. The van der Waals surface area contributed by atoms with E-state index in [0.717, 1.165) is 32.6 Å². The Morgan fingerprint density at radius 1 is 1.50 bits per heavy atom. The van der Waals surface area contributed by atoms with Gasteiger partial charge in [-0.2, -0.15) is 0 Å². The van der Waals surface area contributed by atoms with E-state index < -0.39 is 0 Å². The van der Waals surface area contributed by atoms with E-state index in [0.29, 0.717) is 5.41 Å². The first-order valence-corrected chi connectivity index (χ1v) is 5.73. The van der Waals surface area contributed by atoms with Crippen molar-refractivity contribution in [2.75, 3.05) is 39.9 Å². The lowest BCUT2D eigenvalue weighted by Gasteiger charge is -2.33. The minimum atomic E-state index is 0. The van der Waals surface area contributed by atoms with E-state index in [9.17, 15) is 4.79 Å². The van der Waals surface area contributed by atoms with E-state index in [1.165, 1.54) is 12.8 Å². The van der Waals surface area contributed by atoms with Crippen LogP contribution in [-0.2, 0) is 9.53 Å². The summed E-state index contributed by atoms with van der Waals surface area (Å²) < 4.78 is 4.88. The van der Waals surface area contributed by atoms with Gasteiger partial charge in [0.05, 0.1) is 0 Å². The highest BCUT2D eigenvalue weighted by atomic mass is 35.5. The van der Waals surface area contributed by atoms with Crippen LogP contribution in [0, 0.1) is 5.41 Å². The van der Waals surface area contributed by atoms with Gasteiger partial charge in [0.15, 0.2) is 0 Å². The molecule has 0 aromatic rings. The molecular weight excluding hydrogens is 228 g/mol. The van der Waals surface area contributed by atoms with Gasteiger partial charge >= 0.3 is 0 Å². The molecule has 0 aromatic heterocycles. The molecule has 1 atom stereocenters. The maximum absolute atomic E-state index is 11.7. The number of amides is 1. The van der Waals surface area contributed by atoms with Crippen LogP contribution < -0.4 is 5.32 Å². The lowest BCUT2D eigenvalue weighted by atomic mass is 9.80. The van der Waals surface area contributed by atoms with Crippen molar-refractivity contribution >= 4 is 18.3 Å². The molecule has 2 fully saturated rings. The Kier molecular flexibility index (Phi) is 5.02. The number of methoxy groups -OCH3 is 1. The fourth-order valence-corrected chi connectivity index (χ4v) is 2.74. The Morgan fingerprint density at radius 2 is 2.31 bits per heavy atom. The molecule has 2 rings (SSSR count). The second-order valence-electron chi connectivity index (χ2n) is 4.78. The zero-order valence-corrected chi connectivity index (χ0v) is 10.6. The predicted molar refractivity (Wildman–Crippen MR) is 64.9 cm³/mol. The molecule has 2 aliphatic rings. The van der Waals surface area contributed by atoms with E-state index >= 15 is 0 Å². The predicted octanol–water partition coefficient (Wildman–Crippen LogP) is 0.657. The van der Waals surface area contributed by atoms with Crippen molar-refractivity contribution in [1.29, 1.82) is 0 Å². The number of rotatable bonds is 2. The van der Waals surface area contributed by atoms with Crippen LogP contribution in [0.3, 0.4) is 0 Å². The van der Waals surface area contributed by atoms with Crippen molar-refractivity contribution in [1.82, 2.24) is 10.2 Å². The number of piperidine rings is 1. The molecule has 4 nitrogen and oxygen atoms in total. The van der Waals surface area contributed by atoms with Gasteiger partial charge in [-0.1, -0.05) is 0 Å². The summed E-state index contributed by atoms with van der Waals surface area (Å²) in [6, 6.07) is 0. The van der Waals surface area contributed by atoms with Crippen molar-refractivity contribution in [3.63, 3.8) is 0 Å². The topological polar surface area (TPSA) is 41.6 Å². The summed E-state index contributed by atoms with van der Waals surface area (Å²) in [7, 11) is 1.58. The smallest absolute Gasteiger partial charge is 0.248 e. The van der Waals surface area contributed by atoms with Gasteiger partial charge < -0.3 is 15.0 Å². The van der Waals surface area contributed by atoms with Crippen LogP contribution in [0.4, 0.5) is 0 Å². The molecule has 5 heteroatoms. The molecule has 94 valence electrons. The van der Waals surface area contributed by atoms with E-state index in [2.05, 4.69) is 5.32 Å². The third-order valence-electron chi connectivity index (χ3n) is 3.62. The third-order valence-corrected chi connectivity index (χ3v) is 3.62. The lowest BCUT2D eigenvalue weighted by Crippen LogP contribution is -2.43. The first-order chi connectivity index (χ1) is 7.26. The molecule has 0 aromatic carbocycles. The Balaban J connectivity index is 0.00000128. The van der Waals surface area contributed by atoms with Crippen molar-refractivity contribution in [2.45, 2.75) is 19.3 Å². The Morgan fingerprint density at radius 3 is 2.94 bits per heavy atom. The van der Waals surface area contributed by atoms with Gasteiger partial charge in [-0.25, -0.2) is 0 Å². The zero-order chi connectivity index (χ0) is 10.7. The van der Waals surface area contributed by atoms with E-state index in [4.69, 9.17) is 4.74 Å². The highest BCUT2D eigenvalue weighted by Crippen LogP contribution is 2.36. The van der Waals surface area contributed by atoms with Crippen molar-refractivity contribution < 1.29 is 9.53 Å². The van der Waals surface area contributed by atoms with E-state index in [1.807, 2.05) is 4.90 Å². The van der Waals surface area contributed by atoms with Crippen LogP contribution in [0.2, 0.25) is 0 Å². The van der Waals surface area contributed by atoms with Gasteiger partial charge in [-0.05, 0) is 25.8 Å². The molecule has 2 heterocycles. The number of halogens is 1. The molecule has 1 spiro atoms. The average Bonchev–Trinajstić information content (AvgIpc) is 2.64. The number of nitrogens with one attached hydrogen (secondary N) is 1. The summed E-state index contributed by atoms with van der Waals surface area (Å²) in [5.41, 5.74) is 0.363. The first kappa shape index (κ1) is 13.7. The SMILES string of the molecule is COCC(=O)N1CCC2(CCCNC2)C1.Cl. The van der Waals surface area contributed by atoms with Gasteiger partial charge in [-0.15, -0.1) is 12.4 Å². The van der Waals surface area contributed by atoms with Crippen LogP contribution in [0.25, 0.3) is 0 Å². The van der Waals surface area contributed by atoms with Crippen LogP contribution in [0.1, 0.15) is 19.3 Å². The summed E-state index contributed by atoms with van der Waals surface area (Å²) in [5, 5.41) is 3.44. The van der Waals surface area contributed by atoms with Crippen molar-refractivity contribution in [2.24, 2.45) is 5.41 Å². The molecule has 1 N–H and O–H groups in total. The molecule has 1 amide bonds. The first-order valence-electron chi connectivity index (χ1n) is 5.73. The van der Waals surface area contributed by atoms with Gasteiger partial charge in [0.2, 0.25) is 5.91 Å². The summed E-state index contributed by atoms with van der Waals surface area (Å²) in [6.07, 6.45) is 3.65. The third kappa shape index (κ3) is 2.87. The van der Waals surface area contributed by atoms with Gasteiger partial charge in [0.25, 0.3) is 0 Å². The Hall–Kier alpha value is -0.320. The van der Waals surface area contributed by atoms with Crippen molar-refractivity contribution in [3.05, 3.63) is 0 Å². The summed E-state index contributed by atoms with van der Waals surface area (Å²) in [6.45, 7) is 4.26. The second kappa shape index (κ2) is 5.84. The molecule has 0 bridgehead atoms. The monoisotopic (exact) mass is 248 g/mol. The lowest BCUT2D eigenvalue weighted by molar-refractivity contribution is -0.134. The molecule has 0 saturated carbocycles. The number of nitrogens with zero attached hydrogens (tertiary/aromatic N) is 1. The maximum Gasteiger partial charge on any atom is 0.248 e. The minimum absolute atomic E-state index is 0. The van der Waals surface area contributed by atoms with Crippen LogP contribution in [0.5, 0.6) is 0 Å². The fourth-order valence-electron chi connectivity index (χ4n) is 2.74. The van der Waals surface area contributed by atoms with Gasteiger partial charge in [0.1, 0.15) is 6.61 Å². The maximum atomic E-state index is 11.7. The molecule has 16 heavy (non-hydrogen) atoms. The molecular formula is C11H21ClN2O2. The van der Waals surface area contributed by atoms with Gasteiger partial charge in [0, 0.05) is 32.2 Å². The number of carbonyl (C=O) groups is 1. The quantitative estimate of drug-likeness (QED) is 0.781. The van der Waals surface area contributed by atoms with Crippen LogP contribution in [-0.4, -0.2) is 50.7 Å². The highest BCUT2D eigenvalue weighted by Gasteiger charge is 2.40. The second-order valence-corrected chi connectivity index (χ2v) is 4.78. The standard InChI is InChI=1S/C11H20N2O2.ClH/c1-15-7-10(14)13-6-4-11(9-13)3-2-5-12-8-11;/h12H,2-9H2,1H3;1H. The summed E-state index contributed by atoms with van der Waals surface area (Å²) in [4.78, 5) is 13.6. The Bertz CT molecular complexity index is 242. The molecule has 1 unspecified atom stereocenters. The summed E-state index contributed by atoms with van der Waals surface area (Å²) in [5.74, 6) is 0.139. The molecule has 0 aliphatic carbocycles. The summed E-state index contributed by atoms with van der Waals surface area (Å²) >= 11 is 0. The van der Waals surface area contributed by atoms with Gasteiger partial charge in [-0.3, -0.25) is 4.79 Å². The Labute approximate surface area is 103 Å². The van der Waals surface area contributed by atoms with Crippen LogP contribution in [0.15, 0.2) is 0 Å². The number of hydrogen-bond donors (Lipinski definition) is 1. The number of carbonyl (C=O) groups excluding carboxylic acids is 1. The average molecular weight is 249 g/mol. The fraction of sp³-hybridized carbons (Fsp3) is 0.909. The largest absolute Gasteiger partial charge is 0.375 e. The molecule has 2 aliphatic heterocycles.